The van der Waals surface area contributed by atoms with Gasteiger partial charge in [-0.2, -0.15) is 5.10 Å². The molecule has 0 fully saturated rings. The minimum Gasteiger partial charge on any atom is -0.289 e. The van der Waals surface area contributed by atoms with Crippen molar-refractivity contribution in [3.05, 3.63) is 70.2 Å². The van der Waals surface area contributed by atoms with Crippen LogP contribution in [0, 0.1) is 0 Å². The van der Waals surface area contributed by atoms with E-state index in [1.54, 1.807) is 37.4 Å². The molecule has 18 heavy (non-hydrogen) atoms. The molecule has 1 aromatic heterocycles. The highest BCUT2D eigenvalue weighted by atomic mass is 16.1. The maximum absolute atomic E-state index is 11.8. The van der Waals surface area contributed by atoms with E-state index in [-0.39, 0.29) is 11.3 Å². The van der Waals surface area contributed by atoms with Crippen LogP contribution in [0.4, 0.5) is 0 Å². The Morgan fingerprint density at radius 1 is 1.22 bits per heavy atom. The predicted molar refractivity (Wildman–Crippen MR) is 69.3 cm³/mol. The average Bonchev–Trinajstić information content (AvgIpc) is 2.41. The van der Waals surface area contributed by atoms with Gasteiger partial charge in [0.15, 0.2) is 5.78 Å². The molecule has 0 N–H and O–H groups in total. The minimum absolute atomic E-state index is 0.130. The Kier molecular flexibility index (Phi) is 3.48. The van der Waals surface area contributed by atoms with Crippen molar-refractivity contribution in [2.75, 3.05) is 0 Å². The lowest BCUT2D eigenvalue weighted by Crippen LogP contribution is -2.20. The second-order valence-electron chi connectivity index (χ2n) is 3.78. The molecular weight excluding hydrogens is 228 g/mol. The molecule has 0 aliphatic carbocycles. The molecule has 0 unspecified atom stereocenters. The molecule has 0 aliphatic rings. The Labute approximate surface area is 104 Å². The summed E-state index contributed by atoms with van der Waals surface area (Å²) in [4.78, 5) is 23.5. The molecule has 1 aromatic carbocycles. The monoisotopic (exact) mass is 240 g/mol. The van der Waals surface area contributed by atoms with Gasteiger partial charge in [-0.3, -0.25) is 9.59 Å². The Bertz CT molecular complexity index is 642. The number of allylic oxidation sites excluding steroid dienone is 1. The zero-order valence-corrected chi connectivity index (χ0v) is 9.91. The third kappa shape index (κ3) is 2.60. The summed E-state index contributed by atoms with van der Waals surface area (Å²) in [5.41, 5.74) is 0.811. The summed E-state index contributed by atoms with van der Waals surface area (Å²) in [5.74, 6) is -0.130. The lowest BCUT2D eigenvalue weighted by atomic mass is 10.1. The maximum atomic E-state index is 11.8. The maximum Gasteiger partial charge on any atom is 0.273 e. The van der Waals surface area contributed by atoms with Gasteiger partial charge >= 0.3 is 0 Å². The zero-order chi connectivity index (χ0) is 13.0. The van der Waals surface area contributed by atoms with Crippen LogP contribution >= 0.6 is 0 Å². The fraction of sp³-hybridized carbons (Fsp3) is 0.0714. The number of ketones is 1. The summed E-state index contributed by atoms with van der Waals surface area (Å²) in [6.45, 7) is 0. The number of benzene rings is 1. The molecule has 0 saturated carbocycles. The average molecular weight is 240 g/mol. The third-order valence-corrected chi connectivity index (χ3v) is 2.51. The molecule has 0 amide bonds. The first kappa shape index (κ1) is 12.0. The van der Waals surface area contributed by atoms with Gasteiger partial charge < -0.3 is 0 Å². The van der Waals surface area contributed by atoms with E-state index in [1.807, 2.05) is 6.07 Å². The van der Waals surface area contributed by atoms with E-state index >= 15 is 0 Å². The van der Waals surface area contributed by atoms with E-state index in [9.17, 15) is 9.59 Å². The molecule has 4 heteroatoms. The largest absolute Gasteiger partial charge is 0.289 e. The molecule has 1 heterocycles. The van der Waals surface area contributed by atoms with Crippen LogP contribution in [-0.4, -0.2) is 15.6 Å². The number of nitrogens with zero attached hydrogens (tertiary/aromatic N) is 2. The summed E-state index contributed by atoms with van der Waals surface area (Å²) in [7, 11) is 1.57. The SMILES string of the molecule is Cn1nccc(/C=C/C(=O)c2ccccc2)c1=O. The Morgan fingerprint density at radius 3 is 2.67 bits per heavy atom. The van der Waals surface area contributed by atoms with Crippen molar-refractivity contribution >= 4 is 11.9 Å². The van der Waals surface area contributed by atoms with E-state index < -0.39 is 0 Å². The topological polar surface area (TPSA) is 52.0 Å². The summed E-state index contributed by atoms with van der Waals surface area (Å²) in [6, 6.07) is 10.5. The van der Waals surface area contributed by atoms with E-state index in [1.165, 1.54) is 23.0 Å². The predicted octanol–water partition coefficient (Wildman–Crippen LogP) is 1.68. The van der Waals surface area contributed by atoms with Gasteiger partial charge in [0.05, 0.1) is 0 Å². The quantitative estimate of drug-likeness (QED) is 0.605. The summed E-state index contributed by atoms with van der Waals surface area (Å²) >= 11 is 0. The van der Waals surface area contributed by atoms with Crippen molar-refractivity contribution < 1.29 is 4.79 Å². The molecule has 0 saturated heterocycles. The van der Waals surface area contributed by atoms with Crippen LogP contribution in [0.15, 0.2) is 53.5 Å². The van der Waals surface area contributed by atoms with Crippen molar-refractivity contribution in [2.24, 2.45) is 7.05 Å². The van der Waals surface area contributed by atoms with Gasteiger partial charge in [-0.1, -0.05) is 30.3 Å². The van der Waals surface area contributed by atoms with Gasteiger partial charge in [-0.25, -0.2) is 4.68 Å². The highest BCUT2D eigenvalue weighted by molar-refractivity contribution is 6.06. The Morgan fingerprint density at radius 2 is 1.94 bits per heavy atom. The van der Waals surface area contributed by atoms with Gasteiger partial charge in [-0.15, -0.1) is 0 Å². The number of carbonyl (C=O) groups excluding carboxylic acids is 1. The third-order valence-electron chi connectivity index (χ3n) is 2.51. The van der Waals surface area contributed by atoms with Gasteiger partial charge in [-0.05, 0) is 18.2 Å². The molecule has 2 aromatic rings. The fourth-order valence-electron chi connectivity index (χ4n) is 1.52. The lowest BCUT2D eigenvalue weighted by Gasteiger charge is -1.97. The molecule has 0 bridgehead atoms. The van der Waals surface area contributed by atoms with Crippen molar-refractivity contribution in [3.8, 4) is 0 Å². The lowest BCUT2D eigenvalue weighted by molar-refractivity contribution is 0.104. The van der Waals surface area contributed by atoms with Crippen LogP contribution in [0.25, 0.3) is 6.08 Å². The van der Waals surface area contributed by atoms with E-state index in [0.717, 1.165) is 0 Å². The zero-order valence-electron chi connectivity index (χ0n) is 9.91. The van der Waals surface area contributed by atoms with Crippen molar-refractivity contribution in [1.82, 2.24) is 9.78 Å². The number of aromatic nitrogens is 2. The van der Waals surface area contributed by atoms with E-state index in [4.69, 9.17) is 0 Å². The molecule has 2 rings (SSSR count). The molecule has 0 aliphatic heterocycles. The van der Waals surface area contributed by atoms with Gasteiger partial charge in [0.1, 0.15) is 0 Å². The van der Waals surface area contributed by atoms with Crippen molar-refractivity contribution in [3.63, 3.8) is 0 Å². The number of hydrogen-bond acceptors (Lipinski definition) is 3. The first-order valence-electron chi connectivity index (χ1n) is 5.48. The molecular formula is C14H12N2O2. The molecule has 4 nitrogen and oxygen atoms in total. The van der Waals surface area contributed by atoms with E-state index in [2.05, 4.69) is 5.10 Å². The van der Waals surface area contributed by atoms with Crippen LogP contribution in [0.1, 0.15) is 15.9 Å². The van der Waals surface area contributed by atoms with Gasteiger partial charge in [0, 0.05) is 24.4 Å². The van der Waals surface area contributed by atoms with Crippen LogP contribution in [0.3, 0.4) is 0 Å². The summed E-state index contributed by atoms with van der Waals surface area (Å²) in [5, 5.41) is 3.81. The Hall–Kier alpha value is -2.49. The normalized spacial score (nSPS) is 10.7. The second kappa shape index (κ2) is 5.23. The summed E-state index contributed by atoms with van der Waals surface area (Å²) in [6.07, 6.45) is 4.43. The van der Waals surface area contributed by atoms with Crippen LogP contribution in [-0.2, 0) is 7.05 Å². The number of carbonyl (C=O) groups is 1. The second-order valence-corrected chi connectivity index (χ2v) is 3.78. The van der Waals surface area contributed by atoms with E-state index in [0.29, 0.717) is 11.1 Å². The van der Waals surface area contributed by atoms with Crippen molar-refractivity contribution in [1.29, 1.82) is 0 Å². The van der Waals surface area contributed by atoms with Gasteiger partial charge in [0.25, 0.3) is 5.56 Å². The Balaban J connectivity index is 2.24. The van der Waals surface area contributed by atoms with Crippen molar-refractivity contribution in [2.45, 2.75) is 0 Å². The number of aryl methyl sites for hydroxylation is 1. The first-order valence-corrected chi connectivity index (χ1v) is 5.48. The smallest absolute Gasteiger partial charge is 0.273 e. The standard InChI is InChI=1S/C14H12N2O2/c1-16-14(18)12(9-10-15-16)7-8-13(17)11-5-3-2-4-6-11/h2-10H,1H3/b8-7+. The van der Waals surface area contributed by atoms with Crippen LogP contribution < -0.4 is 5.56 Å². The fourth-order valence-corrected chi connectivity index (χ4v) is 1.52. The number of rotatable bonds is 3. The molecule has 0 atom stereocenters. The minimum atomic E-state index is -0.227. The summed E-state index contributed by atoms with van der Waals surface area (Å²) < 4.78 is 1.23. The van der Waals surface area contributed by atoms with Crippen LogP contribution in [0.2, 0.25) is 0 Å². The van der Waals surface area contributed by atoms with Gasteiger partial charge in [0.2, 0.25) is 0 Å². The molecule has 0 radical (unpaired) electrons. The van der Waals surface area contributed by atoms with Crippen LogP contribution in [0.5, 0.6) is 0 Å². The highest BCUT2D eigenvalue weighted by Gasteiger charge is 2.01. The molecule has 90 valence electrons. The highest BCUT2D eigenvalue weighted by Crippen LogP contribution is 2.02. The number of hydrogen-bond donors (Lipinski definition) is 0. The molecule has 0 spiro atoms. The first-order chi connectivity index (χ1) is 8.68.